The smallest absolute Gasteiger partial charge is 0.303 e. The molecule has 16 heavy (non-hydrogen) atoms. The molecule has 1 aromatic heterocycles. The maximum atomic E-state index is 10.7. The Labute approximate surface area is 93.9 Å². The molecule has 0 spiro atoms. The van der Waals surface area contributed by atoms with E-state index in [0.717, 1.165) is 12.1 Å². The highest BCUT2D eigenvalue weighted by atomic mass is 16.4. The van der Waals surface area contributed by atoms with Crippen molar-refractivity contribution >= 4 is 5.97 Å². The quantitative estimate of drug-likeness (QED) is 0.809. The third kappa shape index (κ3) is 2.22. The maximum Gasteiger partial charge on any atom is 0.303 e. The van der Waals surface area contributed by atoms with Gasteiger partial charge in [0.15, 0.2) is 0 Å². The van der Waals surface area contributed by atoms with E-state index in [4.69, 9.17) is 5.11 Å². The summed E-state index contributed by atoms with van der Waals surface area (Å²) in [6.45, 7) is 0. The Balaban J connectivity index is 2.19. The monoisotopic (exact) mass is 221 g/mol. The standard InChI is InChI=1S/C12H15NO3/c14-10-5-4-8(7-11(15)16)12(10)9-3-1-2-6-13-9/h1-3,6,8,10,12,14H,4-5,7H2,(H,15,16). The molecule has 1 heterocycles. The van der Waals surface area contributed by atoms with Gasteiger partial charge in [0.1, 0.15) is 0 Å². The molecular weight excluding hydrogens is 206 g/mol. The van der Waals surface area contributed by atoms with Crippen LogP contribution in [0.25, 0.3) is 0 Å². The average Bonchev–Trinajstić information content (AvgIpc) is 2.60. The van der Waals surface area contributed by atoms with E-state index in [1.54, 1.807) is 6.20 Å². The number of aliphatic hydroxyl groups excluding tert-OH is 1. The van der Waals surface area contributed by atoms with Crippen LogP contribution in [0.1, 0.15) is 30.9 Å². The fraction of sp³-hybridized carbons (Fsp3) is 0.500. The van der Waals surface area contributed by atoms with Crippen LogP contribution in [0.5, 0.6) is 0 Å². The Morgan fingerprint density at radius 2 is 2.25 bits per heavy atom. The van der Waals surface area contributed by atoms with Crippen molar-refractivity contribution in [2.45, 2.75) is 31.3 Å². The molecule has 0 aliphatic heterocycles. The summed E-state index contributed by atoms with van der Waals surface area (Å²) in [4.78, 5) is 15.0. The van der Waals surface area contributed by atoms with Gasteiger partial charge in [-0.1, -0.05) is 6.07 Å². The van der Waals surface area contributed by atoms with Crippen LogP contribution in [0.4, 0.5) is 0 Å². The van der Waals surface area contributed by atoms with E-state index < -0.39 is 12.1 Å². The van der Waals surface area contributed by atoms with E-state index in [-0.39, 0.29) is 18.3 Å². The topological polar surface area (TPSA) is 70.4 Å². The lowest BCUT2D eigenvalue weighted by molar-refractivity contribution is -0.138. The number of carbonyl (C=O) groups is 1. The molecule has 1 fully saturated rings. The lowest BCUT2D eigenvalue weighted by Gasteiger charge is -2.20. The lowest BCUT2D eigenvalue weighted by Crippen LogP contribution is -2.20. The number of aromatic nitrogens is 1. The summed E-state index contributed by atoms with van der Waals surface area (Å²) in [5.74, 6) is -0.931. The molecule has 1 aromatic rings. The highest BCUT2D eigenvalue weighted by molar-refractivity contribution is 5.67. The van der Waals surface area contributed by atoms with Crippen molar-refractivity contribution in [2.75, 3.05) is 0 Å². The van der Waals surface area contributed by atoms with Crippen LogP contribution >= 0.6 is 0 Å². The van der Waals surface area contributed by atoms with Crippen LogP contribution in [-0.2, 0) is 4.79 Å². The molecule has 0 radical (unpaired) electrons. The zero-order valence-corrected chi connectivity index (χ0v) is 8.91. The Hall–Kier alpha value is -1.42. The van der Waals surface area contributed by atoms with Crippen LogP contribution in [0.2, 0.25) is 0 Å². The molecule has 3 atom stereocenters. The number of aliphatic hydroxyl groups is 1. The van der Waals surface area contributed by atoms with E-state index in [1.165, 1.54) is 0 Å². The van der Waals surface area contributed by atoms with Gasteiger partial charge in [-0.2, -0.15) is 0 Å². The summed E-state index contributed by atoms with van der Waals surface area (Å²) >= 11 is 0. The Morgan fingerprint density at radius 3 is 2.88 bits per heavy atom. The zero-order valence-electron chi connectivity index (χ0n) is 8.91. The zero-order chi connectivity index (χ0) is 11.5. The van der Waals surface area contributed by atoms with Crippen LogP contribution in [0.15, 0.2) is 24.4 Å². The molecule has 0 amide bonds. The Bertz CT molecular complexity index is 366. The summed E-state index contributed by atoms with van der Waals surface area (Å²) in [6, 6.07) is 5.54. The second kappa shape index (κ2) is 4.61. The van der Waals surface area contributed by atoms with Gasteiger partial charge in [-0.05, 0) is 30.9 Å². The summed E-state index contributed by atoms with van der Waals surface area (Å²) in [7, 11) is 0. The molecule has 0 bridgehead atoms. The molecule has 4 heteroatoms. The van der Waals surface area contributed by atoms with Gasteiger partial charge >= 0.3 is 5.97 Å². The molecule has 1 aliphatic rings. The summed E-state index contributed by atoms with van der Waals surface area (Å²) in [5.41, 5.74) is 0.804. The number of aliphatic carboxylic acids is 1. The highest BCUT2D eigenvalue weighted by Gasteiger charge is 2.37. The first-order valence-corrected chi connectivity index (χ1v) is 5.49. The average molecular weight is 221 g/mol. The van der Waals surface area contributed by atoms with Crippen LogP contribution in [0.3, 0.4) is 0 Å². The van der Waals surface area contributed by atoms with Gasteiger partial charge in [0.2, 0.25) is 0 Å². The first kappa shape index (κ1) is 11.1. The van der Waals surface area contributed by atoms with Crippen molar-refractivity contribution in [3.05, 3.63) is 30.1 Å². The third-order valence-corrected chi connectivity index (χ3v) is 3.22. The number of pyridine rings is 1. The van der Waals surface area contributed by atoms with Crippen molar-refractivity contribution in [1.82, 2.24) is 4.98 Å². The second-order valence-electron chi connectivity index (χ2n) is 4.28. The SMILES string of the molecule is O=C(O)CC1CCC(O)C1c1ccccn1. The van der Waals surface area contributed by atoms with Gasteiger partial charge in [-0.25, -0.2) is 0 Å². The summed E-state index contributed by atoms with van der Waals surface area (Å²) in [6.07, 6.45) is 2.75. The van der Waals surface area contributed by atoms with Crippen molar-refractivity contribution in [3.8, 4) is 0 Å². The number of hydrogen-bond acceptors (Lipinski definition) is 3. The van der Waals surface area contributed by atoms with Gasteiger partial charge in [-0.3, -0.25) is 9.78 Å². The van der Waals surface area contributed by atoms with Crippen molar-refractivity contribution in [2.24, 2.45) is 5.92 Å². The molecule has 2 rings (SSSR count). The minimum atomic E-state index is -0.806. The predicted octanol–water partition coefficient (Wildman–Crippen LogP) is 1.41. The molecule has 86 valence electrons. The number of carboxylic acid groups (broad SMARTS) is 1. The van der Waals surface area contributed by atoms with Crippen molar-refractivity contribution in [1.29, 1.82) is 0 Å². The van der Waals surface area contributed by atoms with Crippen LogP contribution in [-0.4, -0.2) is 27.3 Å². The predicted molar refractivity (Wildman–Crippen MR) is 58.0 cm³/mol. The molecule has 4 nitrogen and oxygen atoms in total. The van der Waals surface area contributed by atoms with Gasteiger partial charge < -0.3 is 10.2 Å². The number of rotatable bonds is 3. The first-order chi connectivity index (χ1) is 7.68. The first-order valence-electron chi connectivity index (χ1n) is 5.49. The fourth-order valence-electron chi connectivity index (χ4n) is 2.52. The molecule has 2 N–H and O–H groups in total. The van der Waals surface area contributed by atoms with E-state index in [9.17, 15) is 9.90 Å². The van der Waals surface area contributed by atoms with Crippen molar-refractivity contribution < 1.29 is 15.0 Å². The Kier molecular flexibility index (Phi) is 3.19. The maximum absolute atomic E-state index is 10.7. The number of carboxylic acids is 1. The van der Waals surface area contributed by atoms with Crippen LogP contribution < -0.4 is 0 Å². The van der Waals surface area contributed by atoms with Crippen molar-refractivity contribution in [3.63, 3.8) is 0 Å². The molecule has 0 aromatic carbocycles. The minimum Gasteiger partial charge on any atom is -0.481 e. The van der Waals surface area contributed by atoms with E-state index >= 15 is 0 Å². The largest absolute Gasteiger partial charge is 0.481 e. The number of nitrogens with zero attached hydrogens (tertiary/aromatic N) is 1. The Morgan fingerprint density at radius 1 is 1.44 bits per heavy atom. The van der Waals surface area contributed by atoms with Gasteiger partial charge in [0.25, 0.3) is 0 Å². The molecule has 1 saturated carbocycles. The second-order valence-corrected chi connectivity index (χ2v) is 4.28. The van der Waals surface area contributed by atoms with Crippen LogP contribution in [0, 0.1) is 5.92 Å². The summed E-state index contributed by atoms with van der Waals surface area (Å²) < 4.78 is 0. The van der Waals surface area contributed by atoms with Gasteiger partial charge in [0.05, 0.1) is 6.10 Å². The minimum absolute atomic E-state index is 0.00222. The van der Waals surface area contributed by atoms with E-state index in [2.05, 4.69) is 4.98 Å². The fourth-order valence-corrected chi connectivity index (χ4v) is 2.52. The summed E-state index contributed by atoms with van der Waals surface area (Å²) in [5, 5.41) is 18.7. The normalized spacial score (nSPS) is 29.2. The van der Waals surface area contributed by atoms with E-state index in [0.29, 0.717) is 6.42 Å². The lowest BCUT2D eigenvalue weighted by atomic mass is 9.89. The van der Waals surface area contributed by atoms with Gasteiger partial charge in [0, 0.05) is 24.2 Å². The molecule has 0 saturated heterocycles. The molecule has 1 aliphatic carbocycles. The molecular formula is C12H15NO3. The van der Waals surface area contributed by atoms with E-state index in [1.807, 2.05) is 18.2 Å². The third-order valence-electron chi connectivity index (χ3n) is 3.22. The molecule has 3 unspecified atom stereocenters. The number of hydrogen-bond donors (Lipinski definition) is 2. The highest BCUT2D eigenvalue weighted by Crippen LogP contribution is 2.40. The van der Waals surface area contributed by atoms with Gasteiger partial charge in [-0.15, -0.1) is 0 Å².